The molecule has 0 aliphatic rings. The first kappa shape index (κ1) is 26.0. The molecule has 0 fully saturated rings. The molecule has 0 amide bonds. The predicted octanol–water partition coefficient (Wildman–Crippen LogP) is 4.09. The van der Waals surface area contributed by atoms with Crippen LogP contribution >= 0.6 is 0 Å². The van der Waals surface area contributed by atoms with Crippen LogP contribution in [0.25, 0.3) is 11.3 Å². The summed E-state index contributed by atoms with van der Waals surface area (Å²) >= 11 is 0. The number of aromatic nitrogens is 3. The summed E-state index contributed by atoms with van der Waals surface area (Å²) < 4.78 is 99.8. The average molecular weight is 551 g/mol. The highest BCUT2D eigenvalue weighted by Gasteiger charge is 2.25. The van der Waals surface area contributed by atoms with Crippen molar-refractivity contribution in [3.63, 3.8) is 0 Å². The van der Waals surface area contributed by atoms with Crippen LogP contribution in [0.4, 0.5) is 18.9 Å². The van der Waals surface area contributed by atoms with Gasteiger partial charge in [-0.05, 0) is 23.8 Å². The number of hydrogen-bond acceptors (Lipinski definition) is 8. The summed E-state index contributed by atoms with van der Waals surface area (Å²) in [5.41, 5.74) is -0.758. The van der Waals surface area contributed by atoms with Gasteiger partial charge < -0.3 is 4.74 Å². The van der Waals surface area contributed by atoms with Gasteiger partial charge in [-0.15, -0.1) is 0 Å². The Balaban J connectivity index is 1.66. The summed E-state index contributed by atoms with van der Waals surface area (Å²) in [6, 6.07) is 12.5. The third-order valence-electron chi connectivity index (χ3n) is 4.80. The van der Waals surface area contributed by atoms with E-state index in [-0.39, 0.29) is 17.1 Å². The highest BCUT2D eigenvalue weighted by molar-refractivity contribution is 7.92. The minimum absolute atomic E-state index is 0.0326. The number of nitrogens with zero attached hydrogens (tertiary/aromatic N) is 3. The molecule has 9 nitrogen and oxygen atoms in total. The molecule has 1 N–H and O–H groups in total. The van der Waals surface area contributed by atoms with Crippen LogP contribution in [0.5, 0.6) is 11.6 Å². The molecule has 2 aromatic carbocycles. The third-order valence-corrected chi connectivity index (χ3v) is 6.89. The number of benzene rings is 2. The van der Waals surface area contributed by atoms with Crippen molar-refractivity contribution in [2.45, 2.75) is 10.9 Å². The van der Waals surface area contributed by atoms with Crippen molar-refractivity contribution >= 4 is 25.5 Å². The Kier molecular flexibility index (Phi) is 7.14. The summed E-state index contributed by atoms with van der Waals surface area (Å²) in [4.78, 5) is 11.5. The second kappa shape index (κ2) is 10.1. The molecule has 0 aliphatic heterocycles. The Morgan fingerprint density at radius 1 is 0.892 bits per heavy atom. The number of sulfonamides is 1. The molecular formula is C23H17F3N4O5S2. The Morgan fingerprint density at radius 2 is 1.62 bits per heavy atom. The van der Waals surface area contributed by atoms with Gasteiger partial charge in [0.15, 0.2) is 17.4 Å². The van der Waals surface area contributed by atoms with E-state index in [0.717, 1.165) is 6.26 Å². The zero-order chi connectivity index (χ0) is 26.8. The van der Waals surface area contributed by atoms with Crippen molar-refractivity contribution in [1.29, 1.82) is 0 Å². The summed E-state index contributed by atoms with van der Waals surface area (Å²) in [5, 5.41) is -0.491. The zero-order valence-electron chi connectivity index (χ0n) is 18.9. The lowest BCUT2D eigenvalue weighted by Gasteiger charge is -2.14. The fraction of sp³-hybridized carbons (Fsp3) is 0.0870. The lowest BCUT2D eigenvalue weighted by molar-refractivity contribution is 0.401. The zero-order valence-corrected chi connectivity index (χ0v) is 20.5. The molecule has 4 aromatic rings. The number of hydrogen-bond donors (Lipinski definition) is 1. The van der Waals surface area contributed by atoms with Crippen molar-refractivity contribution in [3.8, 4) is 22.9 Å². The molecule has 2 aromatic heterocycles. The summed E-state index contributed by atoms with van der Waals surface area (Å²) in [6.45, 7) is 0. The highest BCUT2D eigenvalue weighted by atomic mass is 32.2. The van der Waals surface area contributed by atoms with Gasteiger partial charge in [0.05, 0.1) is 17.0 Å². The Morgan fingerprint density at radius 3 is 2.32 bits per heavy atom. The topological polar surface area (TPSA) is 128 Å². The van der Waals surface area contributed by atoms with Gasteiger partial charge in [0.25, 0.3) is 0 Å². The van der Waals surface area contributed by atoms with Gasteiger partial charge in [-0.3, -0.25) is 4.72 Å². The highest BCUT2D eigenvalue weighted by Crippen LogP contribution is 2.35. The normalized spacial score (nSPS) is 11.8. The van der Waals surface area contributed by atoms with Gasteiger partial charge in [0.2, 0.25) is 36.7 Å². The fourth-order valence-corrected chi connectivity index (χ4v) is 4.89. The van der Waals surface area contributed by atoms with Gasteiger partial charge in [0.1, 0.15) is 5.69 Å². The standard InChI is InChI=1S/C23H17F3N4O5S2/c1-36(31,32)23-28-11-9-17(29-23)15-8-5-10-27-22(15)35-18-12-16(24)21(20(26)19(18)25)30-37(33,34)13-14-6-3-2-4-7-14/h2-12,30H,13H2,1H3. The summed E-state index contributed by atoms with van der Waals surface area (Å²) in [7, 11) is -8.05. The van der Waals surface area contributed by atoms with Crippen LogP contribution in [-0.2, 0) is 25.6 Å². The number of halogens is 3. The first-order valence-electron chi connectivity index (χ1n) is 10.3. The van der Waals surface area contributed by atoms with E-state index in [4.69, 9.17) is 4.74 Å². The van der Waals surface area contributed by atoms with Gasteiger partial charge in [-0.2, -0.15) is 4.39 Å². The number of rotatable bonds is 8. The number of pyridine rings is 1. The Labute approximate surface area is 210 Å². The molecule has 0 saturated carbocycles. The number of sulfone groups is 1. The molecule has 0 atom stereocenters. The van der Waals surface area contributed by atoms with E-state index in [0.29, 0.717) is 11.6 Å². The van der Waals surface area contributed by atoms with Crippen LogP contribution in [-0.4, -0.2) is 38.0 Å². The lowest BCUT2D eigenvalue weighted by atomic mass is 10.2. The number of anilines is 1. The van der Waals surface area contributed by atoms with E-state index in [1.807, 2.05) is 0 Å². The second-order valence-electron chi connectivity index (χ2n) is 7.66. The molecule has 2 heterocycles. The average Bonchev–Trinajstić information content (AvgIpc) is 2.85. The largest absolute Gasteiger partial charge is 0.435 e. The van der Waals surface area contributed by atoms with Crippen LogP contribution in [0.1, 0.15) is 5.56 Å². The smallest absolute Gasteiger partial charge is 0.247 e. The van der Waals surface area contributed by atoms with Crippen LogP contribution in [0.3, 0.4) is 0 Å². The van der Waals surface area contributed by atoms with Gasteiger partial charge in [-0.1, -0.05) is 30.3 Å². The maximum atomic E-state index is 14.9. The third kappa shape index (κ3) is 6.03. The maximum Gasteiger partial charge on any atom is 0.247 e. The number of nitrogens with one attached hydrogen (secondary N) is 1. The molecule has 0 unspecified atom stereocenters. The molecule has 0 aliphatic carbocycles. The second-order valence-corrected chi connectivity index (χ2v) is 11.3. The quantitative estimate of drug-likeness (QED) is 0.257. The molecule has 14 heteroatoms. The van der Waals surface area contributed by atoms with Crippen LogP contribution in [0, 0.1) is 17.5 Å². The van der Waals surface area contributed by atoms with Gasteiger partial charge in [-0.25, -0.2) is 40.6 Å². The van der Waals surface area contributed by atoms with Crippen molar-refractivity contribution in [2.75, 3.05) is 11.0 Å². The van der Waals surface area contributed by atoms with E-state index in [9.17, 15) is 30.0 Å². The predicted molar refractivity (Wildman–Crippen MR) is 127 cm³/mol. The van der Waals surface area contributed by atoms with Crippen molar-refractivity contribution in [1.82, 2.24) is 15.0 Å². The van der Waals surface area contributed by atoms with E-state index in [2.05, 4.69) is 15.0 Å². The molecule has 0 radical (unpaired) electrons. The van der Waals surface area contributed by atoms with Crippen molar-refractivity contribution < 1.29 is 34.7 Å². The molecule has 192 valence electrons. The van der Waals surface area contributed by atoms with Crippen LogP contribution in [0.15, 0.2) is 72.1 Å². The van der Waals surface area contributed by atoms with E-state index in [1.54, 1.807) is 22.9 Å². The van der Waals surface area contributed by atoms with Gasteiger partial charge >= 0.3 is 0 Å². The van der Waals surface area contributed by atoms with Crippen LogP contribution in [0.2, 0.25) is 0 Å². The van der Waals surface area contributed by atoms with E-state index < -0.39 is 59.7 Å². The Bertz CT molecular complexity index is 1690. The van der Waals surface area contributed by atoms with Crippen molar-refractivity contribution in [2.24, 2.45) is 0 Å². The van der Waals surface area contributed by atoms with E-state index >= 15 is 0 Å². The summed E-state index contributed by atoms with van der Waals surface area (Å²) in [6.07, 6.45) is 3.32. The lowest BCUT2D eigenvalue weighted by Crippen LogP contribution is -2.17. The molecular weight excluding hydrogens is 533 g/mol. The molecule has 0 saturated heterocycles. The van der Waals surface area contributed by atoms with Crippen LogP contribution < -0.4 is 9.46 Å². The minimum Gasteiger partial charge on any atom is -0.435 e. The first-order chi connectivity index (χ1) is 17.4. The molecule has 4 rings (SSSR count). The van der Waals surface area contributed by atoms with Crippen molar-refractivity contribution in [3.05, 3.63) is 90.0 Å². The first-order valence-corrected chi connectivity index (χ1v) is 13.9. The fourth-order valence-electron chi connectivity index (χ4n) is 3.17. The SMILES string of the molecule is CS(=O)(=O)c1nccc(-c2cccnc2Oc2cc(F)c(NS(=O)(=O)Cc3ccccc3)c(F)c2F)n1. The monoisotopic (exact) mass is 550 g/mol. The summed E-state index contributed by atoms with van der Waals surface area (Å²) in [5.74, 6) is -6.84. The minimum atomic E-state index is -4.29. The molecule has 0 bridgehead atoms. The molecule has 37 heavy (non-hydrogen) atoms. The van der Waals surface area contributed by atoms with Gasteiger partial charge in [0, 0.05) is 24.7 Å². The number of ether oxygens (including phenoxy) is 1. The molecule has 0 spiro atoms. The Hall–Kier alpha value is -4.04. The van der Waals surface area contributed by atoms with E-state index in [1.165, 1.54) is 42.7 Å². The maximum absolute atomic E-state index is 14.9.